The number of benzene rings is 1. The van der Waals surface area contributed by atoms with Crippen molar-refractivity contribution in [2.75, 3.05) is 13.1 Å². The van der Waals surface area contributed by atoms with E-state index in [0.717, 1.165) is 24.9 Å². The van der Waals surface area contributed by atoms with Gasteiger partial charge in [0.2, 0.25) is 10.0 Å². The Morgan fingerprint density at radius 2 is 1.67 bits per heavy atom. The number of hydrogen-bond acceptors (Lipinski definition) is 3. The van der Waals surface area contributed by atoms with Gasteiger partial charge in [0.05, 0.1) is 4.90 Å². The second-order valence-corrected chi connectivity index (χ2v) is 7.59. The molecule has 0 aliphatic rings. The minimum atomic E-state index is -3.39. The predicted molar refractivity (Wildman–Crippen MR) is 87.8 cm³/mol. The molecule has 0 saturated heterocycles. The van der Waals surface area contributed by atoms with Crippen LogP contribution < -0.4 is 10.0 Å². The smallest absolute Gasteiger partial charge is 0.240 e. The first-order chi connectivity index (χ1) is 9.86. The van der Waals surface area contributed by atoms with E-state index in [0.29, 0.717) is 17.4 Å². The summed E-state index contributed by atoms with van der Waals surface area (Å²) < 4.78 is 26.9. The van der Waals surface area contributed by atoms with E-state index < -0.39 is 10.0 Å². The number of sulfonamides is 1. The van der Waals surface area contributed by atoms with Crippen LogP contribution in [0.3, 0.4) is 0 Å². The van der Waals surface area contributed by atoms with E-state index in [1.807, 2.05) is 12.1 Å². The Balaban J connectivity index is 2.68. The van der Waals surface area contributed by atoms with Gasteiger partial charge in [0.15, 0.2) is 0 Å². The lowest BCUT2D eigenvalue weighted by Crippen LogP contribution is -2.25. The fourth-order valence-electron chi connectivity index (χ4n) is 1.98. The Labute approximate surface area is 129 Å². The van der Waals surface area contributed by atoms with E-state index in [9.17, 15) is 8.42 Å². The van der Waals surface area contributed by atoms with Crippen molar-refractivity contribution < 1.29 is 8.42 Å². The normalized spacial score (nSPS) is 13.6. The first-order valence-corrected chi connectivity index (χ1v) is 9.18. The molecule has 1 rings (SSSR count). The summed E-state index contributed by atoms with van der Waals surface area (Å²) >= 11 is 0. The molecule has 1 unspecified atom stereocenters. The molecular formula is C16H28N2O2S. The lowest BCUT2D eigenvalue weighted by atomic mass is 10.1. The van der Waals surface area contributed by atoms with E-state index in [4.69, 9.17) is 0 Å². The number of rotatable bonds is 9. The fourth-order valence-corrected chi connectivity index (χ4v) is 3.03. The molecule has 0 heterocycles. The SMILES string of the molecule is CCCNC(C)c1ccc(S(=O)(=O)NCCC(C)C)cc1. The van der Waals surface area contributed by atoms with Gasteiger partial charge in [-0.3, -0.25) is 0 Å². The summed E-state index contributed by atoms with van der Waals surface area (Å²) in [4.78, 5) is 0.331. The van der Waals surface area contributed by atoms with Gasteiger partial charge in [0.1, 0.15) is 0 Å². The van der Waals surface area contributed by atoms with Crippen LogP contribution in [0.5, 0.6) is 0 Å². The van der Waals surface area contributed by atoms with Gasteiger partial charge in [0.25, 0.3) is 0 Å². The van der Waals surface area contributed by atoms with Crippen LogP contribution in [0, 0.1) is 5.92 Å². The van der Waals surface area contributed by atoms with Gasteiger partial charge >= 0.3 is 0 Å². The van der Waals surface area contributed by atoms with Crippen LogP contribution in [0.2, 0.25) is 0 Å². The second-order valence-electron chi connectivity index (χ2n) is 5.83. The van der Waals surface area contributed by atoms with Gasteiger partial charge in [-0.1, -0.05) is 32.9 Å². The molecule has 0 radical (unpaired) electrons. The van der Waals surface area contributed by atoms with Gasteiger partial charge in [-0.05, 0) is 49.9 Å². The van der Waals surface area contributed by atoms with Crippen LogP contribution in [-0.2, 0) is 10.0 Å². The summed E-state index contributed by atoms with van der Waals surface area (Å²) in [5, 5.41) is 3.39. The molecule has 0 aliphatic carbocycles. The molecule has 0 amide bonds. The first kappa shape index (κ1) is 18.1. The average Bonchev–Trinajstić information content (AvgIpc) is 2.44. The van der Waals surface area contributed by atoms with Crippen molar-refractivity contribution in [2.45, 2.75) is 51.5 Å². The molecule has 1 aromatic carbocycles. The van der Waals surface area contributed by atoms with E-state index in [1.54, 1.807) is 12.1 Å². The van der Waals surface area contributed by atoms with Crippen molar-refractivity contribution in [3.63, 3.8) is 0 Å². The maximum Gasteiger partial charge on any atom is 0.240 e. The summed E-state index contributed by atoms with van der Waals surface area (Å²) in [6, 6.07) is 7.35. The van der Waals surface area contributed by atoms with Crippen molar-refractivity contribution in [3.05, 3.63) is 29.8 Å². The molecule has 21 heavy (non-hydrogen) atoms. The van der Waals surface area contributed by atoms with Crippen molar-refractivity contribution in [1.29, 1.82) is 0 Å². The van der Waals surface area contributed by atoms with E-state index in [2.05, 4.69) is 37.7 Å². The lowest BCUT2D eigenvalue weighted by Gasteiger charge is -2.14. The molecule has 0 spiro atoms. The highest BCUT2D eigenvalue weighted by atomic mass is 32.2. The van der Waals surface area contributed by atoms with Crippen LogP contribution in [0.4, 0.5) is 0 Å². The zero-order chi connectivity index (χ0) is 15.9. The van der Waals surface area contributed by atoms with E-state index >= 15 is 0 Å². The maximum atomic E-state index is 12.1. The monoisotopic (exact) mass is 312 g/mol. The largest absolute Gasteiger partial charge is 0.310 e. The molecule has 120 valence electrons. The number of hydrogen-bond donors (Lipinski definition) is 2. The molecule has 1 aromatic rings. The molecule has 0 aromatic heterocycles. The minimum absolute atomic E-state index is 0.232. The third-order valence-electron chi connectivity index (χ3n) is 3.40. The van der Waals surface area contributed by atoms with Gasteiger partial charge in [-0.25, -0.2) is 13.1 Å². The summed E-state index contributed by atoms with van der Waals surface area (Å²) in [6.07, 6.45) is 1.92. The van der Waals surface area contributed by atoms with Crippen LogP contribution in [-0.4, -0.2) is 21.5 Å². The molecule has 2 N–H and O–H groups in total. The van der Waals surface area contributed by atoms with Crippen molar-refractivity contribution in [1.82, 2.24) is 10.0 Å². The summed E-state index contributed by atoms with van der Waals surface area (Å²) in [5.41, 5.74) is 1.10. The molecule has 0 aliphatic heterocycles. The van der Waals surface area contributed by atoms with Crippen molar-refractivity contribution in [3.8, 4) is 0 Å². The van der Waals surface area contributed by atoms with Crippen molar-refractivity contribution in [2.24, 2.45) is 5.92 Å². The van der Waals surface area contributed by atoms with Gasteiger partial charge in [-0.15, -0.1) is 0 Å². The summed E-state index contributed by atoms with van der Waals surface area (Å²) in [6.45, 7) is 9.80. The Kier molecular flexibility index (Phi) is 7.35. The van der Waals surface area contributed by atoms with Gasteiger partial charge in [-0.2, -0.15) is 0 Å². The molecule has 0 bridgehead atoms. The second kappa shape index (κ2) is 8.51. The van der Waals surface area contributed by atoms with Crippen LogP contribution >= 0.6 is 0 Å². The van der Waals surface area contributed by atoms with Gasteiger partial charge < -0.3 is 5.32 Å². The molecule has 4 nitrogen and oxygen atoms in total. The predicted octanol–water partition coefficient (Wildman–Crippen LogP) is 3.07. The summed E-state index contributed by atoms with van der Waals surface area (Å²) in [5.74, 6) is 0.487. The van der Waals surface area contributed by atoms with Crippen LogP contribution in [0.25, 0.3) is 0 Å². The van der Waals surface area contributed by atoms with Crippen molar-refractivity contribution >= 4 is 10.0 Å². The lowest BCUT2D eigenvalue weighted by molar-refractivity contribution is 0.551. The van der Waals surface area contributed by atoms with Gasteiger partial charge in [0, 0.05) is 12.6 Å². The minimum Gasteiger partial charge on any atom is -0.310 e. The first-order valence-electron chi connectivity index (χ1n) is 7.69. The Bertz CT molecular complexity index is 510. The van der Waals surface area contributed by atoms with E-state index in [1.165, 1.54) is 0 Å². The molecular weight excluding hydrogens is 284 g/mol. The fraction of sp³-hybridized carbons (Fsp3) is 0.625. The zero-order valence-corrected chi connectivity index (χ0v) is 14.3. The highest BCUT2D eigenvalue weighted by Crippen LogP contribution is 2.16. The Morgan fingerprint density at radius 3 is 2.19 bits per heavy atom. The standard InChI is InChI=1S/C16H28N2O2S/c1-5-11-17-14(4)15-6-8-16(9-7-15)21(19,20)18-12-10-13(2)3/h6-9,13-14,17-18H,5,10-12H2,1-4H3. The third-order valence-corrected chi connectivity index (χ3v) is 4.88. The number of nitrogens with one attached hydrogen (secondary N) is 2. The molecule has 0 saturated carbocycles. The molecule has 5 heteroatoms. The maximum absolute atomic E-state index is 12.1. The Hall–Kier alpha value is -0.910. The zero-order valence-electron chi connectivity index (χ0n) is 13.5. The highest BCUT2D eigenvalue weighted by Gasteiger charge is 2.14. The summed E-state index contributed by atoms with van der Waals surface area (Å²) in [7, 11) is -3.39. The third kappa shape index (κ3) is 6.16. The molecule has 1 atom stereocenters. The Morgan fingerprint density at radius 1 is 1.05 bits per heavy atom. The quantitative estimate of drug-likeness (QED) is 0.737. The molecule has 0 fully saturated rings. The van der Waals surface area contributed by atoms with E-state index in [-0.39, 0.29) is 6.04 Å². The average molecular weight is 312 g/mol. The topological polar surface area (TPSA) is 58.2 Å². The van der Waals surface area contributed by atoms with Crippen LogP contribution in [0.1, 0.15) is 52.1 Å². The van der Waals surface area contributed by atoms with Crippen LogP contribution in [0.15, 0.2) is 29.2 Å². The highest BCUT2D eigenvalue weighted by molar-refractivity contribution is 7.89.